The number of hydrogen-bond donors (Lipinski definition) is 1. The molecule has 0 aliphatic carbocycles. The van der Waals surface area contributed by atoms with Crippen molar-refractivity contribution in [3.63, 3.8) is 0 Å². The highest BCUT2D eigenvalue weighted by Gasteiger charge is 2.25. The molecule has 0 aromatic heterocycles. The minimum Gasteiger partial charge on any atom is -0.492 e. The molecular weight excluding hydrogens is 200 g/mol. The Hall–Kier alpha value is -1.06. The predicted octanol–water partition coefficient (Wildman–Crippen LogP) is 1.34. The molecule has 2 unspecified atom stereocenters. The summed E-state index contributed by atoms with van der Waals surface area (Å²) in [5.41, 5.74) is 6.14. The predicted molar refractivity (Wildman–Crippen MR) is 65.5 cm³/mol. The molecule has 1 aliphatic rings. The van der Waals surface area contributed by atoms with Crippen molar-refractivity contribution in [1.82, 2.24) is 4.90 Å². The Labute approximate surface area is 97.2 Å². The van der Waals surface area contributed by atoms with Crippen molar-refractivity contribution >= 4 is 0 Å². The maximum Gasteiger partial charge on any atom is 0.119 e. The first-order valence-corrected chi connectivity index (χ1v) is 5.87. The van der Waals surface area contributed by atoms with Crippen LogP contribution in [0.25, 0.3) is 0 Å². The monoisotopic (exact) mass is 220 g/mol. The van der Waals surface area contributed by atoms with Crippen LogP contribution in [0.15, 0.2) is 30.3 Å². The van der Waals surface area contributed by atoms with E-state index in [0.29, 0.717) is 12.5 Å². The van der Waals surface area contributed by atoms with E-state index in [1.165, 1.54) is 6.42 Å². The Morgan fingerprint density at radius 3 is 2.81 bits per heavy atom. The lowest BCUT2D eigenvalue weighted by Gasteiger charge is -2.19. The number of para-hydroxylation sites is 1. The zero-order valence-electron chi connectivity index (χ0n) is 9.80. The van der Waals surface area contributed by atoms with E-state index in [0.717, 1.165) is 18.8 Å². The molecule has 1 aromatic rings. The fourth-order valence-electron chi connectivity index (χ4n) is 2.16. The first kappa shape index (κ1) is 11.4. The Bertz CT molecular complexity index is 315. The number of nitrogens with zero attached hydrogens (tertiary/aromatic N) is 1. The standard InChI is InChI=1S/C13H20N2O/c1-15-8-7-11(9-15)13(14)10-16-12-5-3-2-4-6-12/h2-6,11,13H,7-10,14H2,1H3. The lowest BCUT2D eigenvalue weighted by atomic mass is 10.0. The average Bonchev–Trinajstić information content (AvgIpc) is 2.74. The van der Waals surface area contributed by atoms with Crippen molar-refractivity contribution < 1.29 is 4.74 Å². The largest absolute Gasteiger partial charge is 0.492 e. The second-order valence-corrected chi connectivity index (χ2v) is 4.60. The lowest BCUT2D eigenvalue weighted by molar-refractivity contribution is 0.245. The van der Waals surface area contributed by atoms with Crippen LogP contribution in [0.3, 0.4) is 0 Å². The molecule has 2 rings (SSSR count). The van der Waals surface area contributed by atoms with Gasteiger partial charge < -0.3 is 15.4 Å². The second kappa shape index (κ2) is 5.32. The van der Waals surface area contributed by atoms with Gasteiger partial charge in [0.1, 0.15) is 12.4 Å². The molecule has 1 aromatic carbocycles. The molecular formula is C13H20N2O. The van der Waals surface area contributed by atoms with E-state index in [1.54, 1.807) is 0 Å². The zero-order chi connectivity index (χ0) is 11.4. The van der Waals surface area contributed by atoms with Gasteiger partial charge >= 0.3 is 0 Å². The van der Waals surface area contributed by atoms with Gasteiger partial charge in [-0.15, -0.1) is 0 Å². The van der Waals surface area contributed by atoms with Gasteiger partial charge in [0.2, 0.25) is 0 Å². The van der Waals surface area contributed by atoms with Crippen molar-refractivity contribution in [2.24, 2.45) is 11.7 Å². The molecule has 0 spiro atoms. The molecule has 1 fully saturated rings. The summed E-state index contributed by atoms with van der Waals surface area (Å²) in [6, 6.07) is 10.0. The van der Waals surface area contributed by atoms with Gasteiger partial charge in [0, 0.05) is 12.6 Å². The zero-order valence-corrected chi connectivity index (χ0v) is 9.80. The Morgan fingerprint density at radius 1 is 1.44 bits per heavy atom. The van der Waals surface area contributed by atoms with Crippen LogP contribution < -0.4 is 10.5 Å². The third-order valence-electron chi connectivity index (χ3n) is 3.22. The summed E-state index contributed by atoms with van der Waals surface area (Å²) >= 11 is 0. The Morgan fingerprint density at radius 2 is 2.19 bits per heavy atom. The SMILES string of the molecule is CN1CCC(C(N)COc2ccccc2)C1. The van der Waals surface area contributed by atoms with Gasteiger partial charge in [-0.3, -0.25) is 0 Å². The first-order valence-electron chi connectivity index (χ1n) is 5.87. The van der Waals surface area contributed by atoms with Crippen molar-refractivity contribution in [2.75, 3.05) is 26.7 Å². The van der Waals surface area contributed by atoms with Crippen LogP contribution in [0, 0.1) is 5.92 Å². The maximum atomic E-state index is 6.14. The average molecular weight is 220 g/mol. The van der Waals surface area contributed by atoms with Crippen LogP contribution >= 0.6 is 0 Å². The van der Waals surface area contributed by atoms with E-state index in [-0.39, 0.29) is 6.04 Å². The van der Waals surface area contributed by atoms with Crippen LogP contribution in [-0.2, 0) is 0 Å². The fraction of sp³-hybridized carbons (Fsp3) is 0.538. The van der Waals surface area contributed by atoms with Gasteiger partial charge in [-0.05, 0) is 38.1 Å². The van der Waals surface area contributed by atoms with Gasteiger partial charge in [0.15, 0.2) is 0 Å². The van der Waals surface area contributed by atoms with Crippen molar-refractivity contribution in [1.29, 1.82) is 0 Å². The third kappa shape index (κ3) is 2.97. The van der Waals surface area contributed by atoms with E-state index in [4.69, 9.17) is 10.5 Å². The second-order valence-electron chi connectivity index (χ2n) is 4.60. The molecule has 16 heavy (non-hydrogen) atoms. The van der Waals surface area contributed by atoms with Gasteiger partial charge in [0.25, 0.3) is 0 Å². The van der Waals surface area contributed by atoms with E-state index in [9.17, 15) is 0 Å². The van der Waals surface area contributed by atoms with Gasteiger partial charge in [-0.2, -0.15) is 0 Å². The molecule has 1 saturated heterocycles. The highest BCUT2D eigenvalue weighted by Crippen LogP contribution is 2.18. The van der Waals surface area contributed by atoms with E-state index in [1.807, 2.05) is 30.3 Å². The molecule has 3 heteroatoms. The molecule has 88 valence electrons. The van der Waals surface area contributed by atoms with Gasteiger partial charge in [-0.1, -0.05) is 18.2 Å². The van der Waals surface area contributed by atoms with Gasteiger partial charge in [-0.25, -0.2) is 0 Å². The minimum atomic E-state index is 0.144. The number of likely N-dealkylation sites (tertiary alicyclic amines) is 1. The van der Waals surface area contributed by atoms with Gasteiger partial charge in [0.05, 0.1) is 0 Å². The van der Waals surface area contributed by atoms with Crippen molar-refractivity contribution in [3.8, 4) is 5.75 Å². The Balaban J connectivity index is 1.78. The number of rotatable bonds is 4. The normalized spacial score (nSPS) is 23.2. The topological polar surface area (TPSA) is 38.5 Å². The highest BCUT2D eigenvalue weighted by atomic mass is 16.5. The smallest absolute Gasteiger partial charge is 0.119 e. The van der Waals surface area contributed by atoms with Crippen molar-refractivity contribution in [2.45, 2.75) is 12.5 Å². The van der Waals surface area contributed by atoms with Crippen LogP contribution in [0.5, 0.6) is 5.75 Å². The number of ether oxygens (including phenoxy) is 1. The summed E-state index contributed by atoms with van der Waals surface area (Å²) in [6.45, 7) is 2.87. The number of hydrogen-bond acceptors (Lipinski definition) is 3. The van der Waals surface area contributed by atoms with E-state index >= 15 is 0 Å². The van der Waals surface area contributed by atoms with E-state index < -0.39 is 0 Å². The highest BCUT2D eigenvalue weighted by molar-refractivity contribution is 5.20. The minimum absolute atomic E-state index is 0.144. The van der Waals surface area contributed by atoms with E-state index in [2.05, 4.69) is 11.9 Å². The summed E-state index contributed by atoms with van der Waals surface area (Å²) in [7, 11) is 2.14. The fourth-order valence-corrected chi connectivity index (χ4v) is 2.16. The summed E-state index contributed by atoms with van der Waals surface area (Å²) in [4.78, 5) is 2.33. The molecule has 2 atom stereocenters. The van der Waals surface area contributed by atoms with Crippen LogP contribution in [0.1, 0.15) is 6.42 Å². The summed E-state index contributed by atoms with van der Waals surface area (Å²) in [5.74, 6) is 1.48. The maximum absolute atomic E-state index is 6.14. The summed E-state index contributed by atoms with van der Waals surface area (Å²) < 4.78 is 5.67. The van der Waals surface area contributed by atoms with Crippen LogP contribution in [-0.4, -0.2) is 37.7 Å². The summed E-state index contributed by atoms with van der Waals surface area (Å²) in [6.07, 6.45) is 1.19. The summed E-state index contributed by atoms with van der Waals surface area (Å²) in [5, 5.41) is 0. The molecule has 3 nitrogen and oxygen atoms in total. The van der Waals surface area contributed by atoms with Crippen LogP contribution in [0.4, 0.5) is 0 Å². The molecule has 2 N–H and O–H groups in total. The molecule has 0 saturated carbocycles. The first-order chi connectivity index (χ1) is 7.75. The molecule has 0 amide bonds. The number of benzene rings is 1. The molecule has 1 heterocycles. The third-order valence-corrected chi connectivity index (χ3v) is 3.22. The quantitative estimate of drug-likeness (QED) is 0.832. The lowest BCUT2D eigenvalue weighted by Crippen LogP contribution is -2.37. The number of nitrogens with two attached hydrogens (primary N) is 1. The molecule has 0 radical (unpaired) electrons. The Kier molecular flexibility index (Phi) is 3.80. The molecule has 1 aliphatic heterocycles. The molecule has 0 bridgehead atoms. The van der Waals surface area contributed by atoms with Crippen molar-refractivity contribution in [3.05, 3.63) is 30.3 Å². The van der Waals surface area contributed by atoms with Crippen LogP contribution in [0.2, 0.25) is 0 Å².